The molecule has 0 fully saturated rings. The fourth-order valence-electron chi connectivity index (χ4n) is 5.41. The summed E-state index contributed by atoms with van der Waals surface area (Å²) < 4.78 is 15.2. The SMILES string of the molecule is CCOC(=O)C1=C(c2ccccc2)N=c2s/c(=C\c3c(C)n(C)c4ccccc34)c(=O)n2[C@@H]1c1ccc(OC)cc1. The molecule has 0 N–H and O–H groups in total. The van der Waals surface area contributed by atoms with E-state index in [2.05, 4.69) is 23.6 Å². The zero-order valence-electron chi connectivity index (χ0n) is 23.3. The summed E-state index contributed by atoms with van der Waals surface area (Å²) in [5.41, 5.74) is 5.28. The number of methoxy groups -OCH3 is 1. The van der Waals surface area contributed by atoms with Crippen molar-refractivity contribution in [2.45, 2.75) is 19.9 Å². The van der Waals surface area contributed by atoms with Crippen LogP contribution >= 0.6 is 11.3 Å². The van der Waals surface area contributed by atoms with Crippen LogP contribution in [0.3, 0.4) is 0 Å². The number of hydrogen-bond donors (Lipinski definition) is 0. The van der Waals surface area contributed by atoms with Gasteiger partial charge in [0, 0.05) is 34.8 Å². The van der Waals surface area contributed by atoms with Gasteiger partial charge in [0.1, 0.15) is 5.75 Å². The van der Waals surface area contributed by atoms with Crippen molar-refractivity contribution in [3.8, 4) is 5.75 Å². The Labute approximate surface area is 240 Å². The molecule has 7 nitrogen and oxygen atoms in total. The average Bonchev–Trinajstić information content (AvgIpc) is 3.45. The van der Waals surface area contributed by atoms with Gasteiger partial charge >= 0.3 is 5.97 Å². The normalized spacial score (nSPS) is 15.1. The minimum atomic E-state index is -0.734. The lowest BCUT2D eigenvalue weighted by molar-refractivity contribution is -0.138. The third-order valence-corrected chi connectivity index (χ3v) is 8.51. The number of aromatic nitrogens is 2. The summed E-state index contributed by atoms with van der Waals surface area (Å²) in [4.78, 5) is 33.3. The van der Waals surface area contributed by atoms with Crippen LogP contribution in [0.4, 0.5) is 0 Å². The summed E-state index contributed by atoms with van der Waals surface area (Å²) in [7, 11) is 3.63. The van der Waals surface area contributed by atoms with E-state index in [1.807, 2.05) is 79.9 Å². The van der Waals surface area contributed by atoms with E-state index in [9.17, 15) is 9.59 Å². The van der Waals surface area contributed by atoms with Crippen molar-refractivity contribution in [3.05, 3.63) is 127 Å². The molecule has 2 aromatic heterocycles. The van der Waals surface area contributed by atoms with E-state index >= 15 is 0 Å². The Hall–Kier alpha value is -4.69. The molecular weight excluding hydrogens is 534 g/mol. The van der Waals surface area contributed by atoms with E-state index in [0.29, 0.717) is 26.4 Å². The van der Waals surface area contributed by atoms with E-state index in [0.717, 1.165) is 33.3 Å². The number of hydrogen-bond acceptors (Lipinski definition) is 6. The lowest BCUT2D eigenvalue weighted by Gasteiger charge is -2.26. The molecule has 0 unspecified atom stereocenters. The molecule has 1 aliphatic rings. The van der Waals surface area contributed by atoms with Gasteiger partial charge in [-0.15, -0.1) is 0 Å². The topological polar surface area (TPSA) is 74.8 Å². The minimum absolute atomic E-state index is 0.199. The van der Waals surface area contributed by atoms with Gasteiger partial charge in [0.05, 0.1) is 35.6 Å². The molecule has 0 bridgehead atoms. The molecule has 0 amide bonds. The van der Waals surface area contributed by atoms with Crippen molar-refractivity contribution in [2.24, 2.45) is 12.0 Å². The predicted molar refractivity (Wildman–Crippen MR) is 162 cm³/mol. The predicted octanol–water partition coefficient (Wildman–Crippen LogP) is 4.74. The van der Waals surface area contributed by atoms with Gasteiger partial charge in [-0.2, -0.15) is 0 Å². The number of para-hydroxylation sites is 1. The fraction of sp³-hybridized carbons (Fsp3) is 0.182. The molecule has 0 saturated heterocycles. The molecule has 41 heavy (non-hydrogen) atoms. The van der Waals surface area contributed by atoms with Gasteiger partial charge in [0.25, 0.3) is 5.56 Å². The highest BCUT2D eigenvalue weighted by molar-refractivity contribution is 7.07. The van der Waals surface area contributed by atoms with Gasteiger partial charge in [-0.3, -0.25) is 9.36 Å². The Kier molecular flexibility index (Phi) is 6.93. The van der Waals surface area contributed by atoms with Gasteiger partial charge in [-0.25, -0.2) is 9.79 Å². The monoisotopic (exact) mass is 563 g/mol. The highest BCUT2D eigenvalue weighted by Crippen LogP contribution is 2.35. The number of carbonyl (C=O) groups is 1. The molecule has 1 aliphatic heterocycles. The van der Waals surface area contributed by atoms with Crippen LogP contribution < -0.4 is 19.6 Å². The second-order valence-electron chi connectivity index (χ2n) is 9.78. The summed E-state index contributed by atoms with van der Waals surface area (Å²) in [5, 5.41) is 1.07. The summed E-state index contributed by atoms with van der Waals surface area (Å²) in [5.74, 6) is 0.174. The number of ether oxygens (including phenoxy) is 2. The zero-order chi connectivity index (χ0) is 28.7. The molecule has 0 aliphatic carbocycles. The van der Waals surface area contributed by atoms with Crippen LogP contribution in [0.2, 0.25) is 0 Å². The first-order valence-corrected chi connectivity index (χ1v) is 14.2. The number of benzene rings is 3. The minimum Gasteiger partial charge on any atom is -0.497 e. The molecule has 3 aromatic carbocycles. The number of esters is 1. The Morgan fingerprint density at radius 2 is 1.73 bits per heavy atom. The first kappa shape index (κ1) is 26.5. The Morgan fingerprint density at radius 1 is 1.02 bits per heavy atom. The van der Waals surface area contributed by atoms with Crippen molar-refractivity contribution in [1.29, 1.82) is 0 Å². The molecule has 0 saturated carbocycles. The standard InChI is InChI=1S/C33H29N3O4S/c1-5-40-32(38)28-29(21-11-7-6-8-12-21)34-33-36(30(28)22-15-17-23(39-4)18-16-22)31(37)27(41-33)19-25-20(2)35(3)26-14-10-9-13-24(25)26/h6-19,30H,5H2,1-4H3/b27-19-/t30-/m1/s1. The van der Waals surface area contributed by atoms with Gasteiger partial charge in [-0.1, -0.05) is 72.0 Å². The molecule has 0 spiro atoms. The van der Waals surface area contributed by atoms with E-state index in [1.54, 1.807) is 18.6 Å². The van der Waals surface area contributed by atoms with Crippen LogP contribution in [0, 0.1) is 6.92 Å². The maximum Gasteiger partial charge on any atom is 0.338 e. The van der Waals surface area contributed by atoms with Crippen molar-refractivity contribution >= 4 is 40.0 Å². The maximum absolute atomic E-state index is 14.2. The molecular formula is C33H29N3O4S. The van der Waals surface area contributed by atoms with E-state index < -0.39 is 12.0 Å². The summed E-state index contributed by atoms with van der Waals surface area (Å²) >= 11 is 1.32. The van der Waals surface area contributed by atoms with Crippen molar-refractivity contribution in [1.82, 2.24) is 9.13 Å². The zero-order valence-corrected chi connectivity index (χ0v) is 24.1. The van der Waals surface area contributed by atoms with Crippen molar-refractivity contribution < 1.29 is 14.3 Å². The third kappa shape index (κ3) is 4.50. The molecule has 5 aromatic rings. The number of thiazole rings is 1. The van der Waals surface area contributed by atoms with Crippen LogP contribution in [-0.4, -0.2) is 28.8 Å². The lowest BCUT2D eigenvalue weighted by Crippen LogP contribution is -2.40. The smallest absolute Gasteiger partial charge is 0.338 e. The highest BCUT2D eigenvalue weighted by atomic mass is 32.1. The number of aryl methyl sites for hydroxylation is 1. The van der Waals surface area contributed by atoms with Crippen LogP contribution in [0.1, 0.15) is 35.3 Å². The molecule has 206 valence electrons. The highest BCUT2D eigenvalue weighted by Gasteiger charge is 2.35. The molecule has 8 heteroatoms. The second-order valence-corrected chi connectivity index (χ2v) is 10.8. The van der Waals surface area contributed by atoms with E-state index in [1.165, 1.54) is 11.3 Å². The number of carbonyl (C=O) groups excluding carboxylic acids is 1. The quantitative estimate of drug-likeness (QED) is 0.280. The van der Waals surface area contributed by atoms with Crippen molar-refractivity contribution in [3.63, 3.8) is 0 Å². The Balaban J connectivity index is 1.66. The summed E-state index contributed by atoms with van der Waals surface area (Å²) in [6, 6.07) is 24.4. The number of fused-ring (bicyclic) bond motifs is 2. The Bertz CT molecular complexity index is 2000. The van der Waals surface area contributed by atoms with Gasteiger partial charge in [0.15, 0.2) is 4.80 Å². The fourth-order valence-corrected chi connectivity index (χ4v) is 6.39. The first-order chi connectivity index (χ1) is 19.9. The third-order valence-electron chi connectivity index (χ3n) is 7.53. The first-order valence-electron chi connectivity index (χ1n) is 13.4. The largest absolute Gasteiger partial charge is 0.497 e. The van der Waals surface area contributed by atoms with Crippen LogP contribution in [0.5, 0.6) is 5.75 Å². The van der Waals surface area contributed by atoms with E-state index in [-0.39, 0.29) is 12.2 Å². The second kappa shape index (κ2) is 10.7. The summed E-state index contributed by atoms with van der Waals surface area (Å²) in [6.07, 6.45) is 1.95. The lowest BCUT2D eigenvalue weighted by atomic mass is 9.93. The summed E-state index contributed by atoms with van der Waals surface area (Å²) in [6.45, 7) is 4.02. The van der Waals surface area contributed by atoms with Crippen LogP contribution in [-0.2, 0) is 16.6 Å². The van der Waals surface area contributed by atoms with Gasteiger partial charge < -0.3 is 14.0 Å². The van der Waals surface area contributed by atoms with Crippen molar-refractivity contribution in [2.75, 3.05) is 13.7 Å². The molecule has 6 rings (SSSR count). The molecule has 1 atom stereocenters. The average molecular weight is 564 g/mol. The maximum atomic E-state index is 14.2. The number of nitrogens with zero attached hydrogens (tertiary/aromatic N) is 3. The van der Waals surface area contributed by atoms with Crippen LogP contribution in [0.15, 0.2) is 94.2 Å². The Morgan fingerprint density at radius 3 is 2.44 bits per heavy atom. The van der Waals surface area contributed by atoms with Gasteiger partial charge in [0.2, 0.25) is 0 Å². The van der Waals surface area contributed by atoms with Gasteiger partial charge in [-0.05, 0) is 43.7 Å². The van der Waals surface area contributed by atoms with Crippen LogP contribution in [0.25, 0.3) is 22.7 Å². The molecule has 0 radical (unpaired) electrons. The van der Waals surface area contributed by atoms with E-state index in [4.69, 9.17) is 14.5 Å². The molecule has 3 heterocycles. The number of rotatable bonds is 6.